The van der Waals surface area contributed by atoms with E-state index in [-0.39, 0.29) is 5.54 Å². The summed E-state index contributed by atoms with van der Waals surface area (Å²) in [6, 6.07) is 12.7. The summed E-state index contributed by atoms with van der Waals surface area (Å²) in [5, 5.41) is 0. The van der Waals surface area contributed by atoms with Gasteiger partial charge in [-0.1, -0.05) is 19.1 Å². The molecule has 3 rings (SSSR count). The zero-order chi connectivity index (χ0) is 17.5. The molecular weight excluding hydrogens is 360 g/mol. The summed E-state index contributed by atoms with van der Waals surface area (Å²) in [6.07, 6.45) is 3.16. The van der Waals surface area contributed by atoms with Gasteiger partial charge >= 0.3 is 0 Å². The van der Waals surface area contributed by atoms with Gasteiger partial charge in [-0.25, -0.2) is 0 Å². The first-order valence-electron chi connectivity index (χ1n) is 8.46. The third-order valence-corrected chi connectivity index (χ3v) is 5.89. The summed E-state index contributed by atoms with van der Waals surface area (Å²) in [5.74, 6) is 0.558. The molecule has 0 aromatic heterocycles. The van der Waals surface area contributed by atoms with Crippen molar-refractivity contribution in [3.05, 3.63) is 57.6 Å². The second-order valence-electron chi connectivity index (χ2n) is 7.45. The van der Waals surface area contributed by atoms with Gasteiger partial charge in [-0.05, 0) is 90.0 Å². The number of benzene rings is 2. The van der Waals surface area contributed by atoms with E-state index < -0.39 is 0 Å². The van der Waals surface area contributed by atoms with E-state index in [1.165, 1.54) is 28.8 Å². The molecule has 24 heavy (non-hydrogen) atoms. The molecule has 1 aliphatic rings. The van der Waals surface area contributed by atoms with Crippen molar-refractivity contribution >= 4 is 33.5 Å². The van der Waals surface area contributed by atoms with E-state index in [0.717, 1.165) is 10.2 Å². The fourth-order valence-corrected chi connectivity index (χ4v) is 3.96. The normalized spacial score (nSPS) is 19.6. The maximum Gasteiger partial charge on any atom is 0.0771 e. The largest absolute Gasteiger partial charge is 0.369 e. The highest BCUT2D eigenvalue weighted by atomic mass is 79.9. The average molecular weight is 385 g/mol. The van der Waals surface area contributed by atoms with Crippen molar-refractivity contribution in [2.75, 3.05) is 11.9 Å². The predicted molar refractivity (Wildman–Crippen MR) is 108 cm³/mol. The Balaban J connectivity index is 2.01. The lowest BCUT2D eigenvalue weighted by molar-refractivity contribution is 0.395. The second-order valence-corrected chi connectivity index (χ2v) is 8.31. The first-order valence-corrected chi connectivity index (χ1v) is 9.26. The summed E-state index contributed by atoms with van der Waals surface area (Å²) >= 11 is 3.56. The van der Waals surface area contributed by atoms with Gasteiger partial charge in [0.1, 0.15) is 0 Å². The Bertz CT molecular complexity index is 792. The molecule has 1 heterocycles. The molecule has 1 atom stereocenters. The van der Waals surface area contributed by atoms with Crippen LogP contribution in [0.4, 0.5) is 11.4 Å². The van der Waals surface area contributed by atoms with Crippen LogP contribution in [-0.4, -0.2) is 18.8 Å². The molecule has 0 saturated carbocycles. The quantitative estimate of drug-likeness (QED) is 0.560. The summed E-state index contributed by atoms with van der Waals surface area (Å²) in [5.41, 5.74) is 6.40. The Hall–Kier alpha value is -1.61. The molecule has 0 saturated heterocycles. The minimum atomic E-state index is 0.198. The van der Waals surface area contributed by atoms with Crippen LogP contribution in [0.5, 0.6) is 0 Å². The lowest BCUT2D eigenvalue weighted by atomic mass is 9.79. The summed E-state index contributed by atoms with van der Waals surface area (Å²) in [6.45, 7) is 9.15. The summed E-state index contributed by atoms with van der Waals surface area (Å²) in [7, 11) is 2.21. The molecule has 0 fully saturated rings. The SMILES string of the molecule is Cc1cc2c(cc1C=Nc1ccccc1Br)C(C)CC(C)(C)N2C. The molecule has 1 aliphatic heterocycles. The molecule has 0 N–H and O–H groups in total. The van der Waals surface area contributed by atoms with Gasteiger partial charge in [-0.15, -0.1) is 0 Å². The van der Waals surface area contributed by atoms with E-state index in [1.54, 1.807) is 0 Å². The molecule has 2 aromatic carbocycles. The number of aryl methyl sites for hydroxylation is 1. The average Bonchev–Trinajstić information content (AvgIpc) is 2.52. The van der Waals surface area contributed by atoms with Gasteiger partial charge in [0, 0.05) is 29.0 Å². The van der Waals surface area contributed by atoms with Gasteiger partial charge < -0.3 is 4.90 Å². The van der Waals surface area contributed by atoms with Crippen molar-refractivity contribution in [3.8, 4) is 0 Å². The van der Waals surface area contributed by atoms with Crippen LogP contribution in [-0.2, 0) is 0 Å². The first-order chi connectivity index (χ1) is 11.3. The van der Waals surface area contributed by atoms with Gasteiger partial charge in [0.25, 0.3) is 0 Å². The van der Waals surface area contributed by atoms with Crippen LogP contribution in [0.1, 0.15) is 49.8 Å². The number of aliphatic imine (C=N–C) groups is 1. The molecule has 0 spiro atoms. The number of halogens is 1. The fraction of sp³-hybridized carbons (Fsp3) is 0.381. The highest BCUT2D eigenvalue weighted by Crippen LogP contribution is 2.43. The molecule has 1 unspecified atom stereocenters. The van der Waals surface area contributed by atoms with Crippen molar-refractivity contribution in [2.24, 2.45) is 4.99 Å². The molecule has 126 valence electrons. The van der Waals surface area contributed by atoms with E-state index >= 15 is 0 Å². The van der Waals surface area contributed by atoms with Crippen molar-refractivity contribution < 1.29 is 0 Å². The number of para-hydroxylation sites is 1. The van der Waals surface area contributed by atoms with Crippen LogP contribution >= 0.6 is 15.9 Å². The Morgan fingerprint density at radius 3 is 2.67 bits per heavy atom. The topological polar surface area (TPSA) is 15.6 Å². The molecular formula is C21H25BrN2. The molecule has 0 amide bonds. The van der Waals surface area contributed by atoms with Crippen LogP contribution < -0.4 is 4.90 Å². The molecule has 2 aromatic rings. The monoisotopic (exact) mass is 384 g/mol. The lowest BCUT2D eigenvalue weighted by Crippen LogP contribution is -2.45. The highest BCUT2D eigenvalue weighted by molar-refractivity contribution is 9.10. The van der Waals surface area contributed by atoms with Crippen LogP contribution in [0, 0.1) is 6.92 Å². The fourth-order valence-electron chi connectivity index (χ4n) is 3.57. The van der Waals surface area contributed by atoms with Crippen LogP contribution in [0.3, 0.4) is 0 Å². The lowest BCUT2D eigenvalue weighted by Gasteiger charge is -2.45. The number of anilines is 1. The summed E-state index contributed by atoms with van der Waals surface area (Å²) in [4.78, 5) is 7.09. The van der Waals surface area contributed by atoms with E-state index in [9.17, 15) is 0 Å². The zero-order valence-electron chi connectivity index (χ0n) is 15.1. The van der Waals surface area contributed by atoms with Crippen molar-refractivity contribution in [1.82, 2.24) is 0 Å². The van der Waals surface area contributed by atoms with Gasteiger partial charge in [0.15, 0.2) is 0 Å². The molecule has 0 bridgehead atoms. The Morgan fingerprint density at radius 2 is 1.96 bits per heavy atom. The third-order valence-electron chi connectivity index (χ3n) is 5.22. The van der Waals surface area contributed by atoms with Gasteiger partial charge in [-0.3, -0.25) is 4.99 Å². The minimum Gasteiger partial charge on any atom is -0.369 e. The summed E-state index contributed by atoms with van der Waals surface area (Å²) < 4.78 is 1.02. The maximum absolute atomic E-state index is 4.67. The molecule has 0 radical (unpaired) electrons. The van der Waals surface area contributed by atoms with Gasteiger partial charge in [0.05, 0.1) is 5.69 Å². The standard InChI is InChI=1S/C21H25BrN2/c1-14-10-20-17(15(2)12-21(3,4)24(20)5)11-16(14)13-23-19-9-7-6-8-18(19)22/h6-11,13,15H,12H2,1-5H3. The smallest absolute Gasteiger partial charge is 0.0771 e. The Kier molecular flexibility index (Phi) is 4.56. The first kappa shape index (κ1) is 17.2. The number of nitrogens with zero attached hydrogens (tertiary/aromatic N) is 2. The van der Waals surface area contributed by atoms with E-state index in [2.05, 4.69) is 72.7 Å². The molecule has 3 heteroatoms. The number of hydrogen-bond donors (Lipinski definition) is 0. The molecule has 2 nitrogen and oxygen atoms in total. The zero-order valence-corrected chi connectivity index (χ0v) is 16.7. The number of fused-ring (bicyclic) bond motifs is 1. The van der Waals surface area contributed by atoms with E-state index in [4.69, 9.17) is 0 Å². The highest BCUT2D eigenvalue weighted by Gasteiger charge is 2.34. The van der Waals surface area contributed by atoms with Crippen LogP contribution in [0.25, 0.3) is 0 Å². The second kappa shape index (κ2) is 6.36. The van der Waals surface area contributed by atoms with Crippen molar-refractivity contribution in [3.63, 3.8) is 0 Å². The Morgan fingerprint density at radius 1 is 1.25 bits per heavy atom. The molecule has 0 aliphatic carbocycles. The van der Waals surface area contributed by atoms with Crippen molar-refractivity contribution in [2.45, 2.75) is 45.6 Å². The minimum absolute atomic E-state index is 0.198. The van der Waals surface area contributed by atoms with Gasteiger partial charge in [-0.2, -0.15) is 0 Å². The number of rotatable bonds is 2. The predicted octanol–water partition coefficient (Wildman–Crippen LogP) is 6.23. The van der Waals surface area contributed by atoms with Crippen LogP contribution in [0.2, 0.25) is 0 Å². The van der Waals surface area contributed by atoms with Crippen molar-refractivity contribution in [1.29, 1.82) is 0 Å². The van der Waals surface area contributed by atoms with Crippen LogP contribution in [0.15, 0.2) is 45.9 Å². The third kappa shape index (κ3) is 3.14. The van der Waals surface area contributed by atoms with E-state index in [1.807, 2.05) is 30.5 Å². The maximum atomic E-state index is 4.67. The number of hydrogen-bond acceptors (Lipinski definition) is 2. The van der Waals surface area contributed by atoms with Gasteiger partial charge in [0.2, 0.25) is 0 Å². The van der Waals surface area contributed by atoms with E-state index in [0.29, 0.717) is 5.92 Å². The Labute approximate surface area is 153 Å².